The van der Waals surface area contributed by atoms with Crippen molar-refractivity contribution in [2.75, 3.05) is 10.0 Å². The molecule has 1 amide bonds. The molecule has 0 spiro atoms. The maximum atomic E-state index is 12.6. The molecule has 6 nitrogen and oxygen atoms in total. The zero-order valence-corrected chi connectivity index (χ0v) is 14.8. The molecular formula is C14H9Cl2F3N2O4S. The van der Waals surface area contributed by atoms with Gasteiger partial charge in [-0.15, -0.1) is 0 Å². The second-order valence-electron chi connectivity index (χ2n) is 4.91. The Labute approximate surface area is 155 Å². The molecule has 0 aliphatic rings. The highest BCUT2D eigenvalue weighted by molar-refractivity contribution is 7.87. The van der Waals surface area contributed by atoms with Gasteiger partial charge in [-0.3, -0.25) is 14.1 Å². The fourth-order valence-corrected chi connectivity index (χ4v) is 2.77. The van der Waals surface area contributed by atoms with E-state index in [9.17, 15) is 26.4 Å². The Hall–Kier alpha value is -2.01. The Balaban J connectivity index is 2.35. The minimum absolute atomic E-state index is 0.0783. The van der Waals surface area contributed by atoms with Gasteiger partial charge in [-0.05, 0) is 36.4 Å². The van der Waals surface area contributed by atoms with Crippen LogP contribution in [-0.2, 0) is 16.5 Å². The van der Waals surface area contributed by atoms with Crippen LogP contribution in [0.4, 0.5) is 24.5 Å². The summed E-state index contributed by atoms with van der Waals surface area (Å²) in [5.74, 6) is -0.916. The van der Waals surface area contributed by atoms with Gasteiger partial charge in [0.2, 0.25) is 0 Å². The molecule has 0 unspecified atom stereocenters. The molecule has 0 atom stereocenters. The number of amides is 1. The molecule has 0 aliphatic carbocycles. The summed E-state index contributed by atoms with van der Waals surface area (Å²) in [5, 5.41) is 1.95. The summed E-state index contributed by atoms with van der Waals surface area (Å²) in [6, 6.07) is 5.78. The number of hydrogen-bond donors (Lipinski definition) is 3. The fourth-order valence-electron chi connectivity index (χ4n) is 1.91. The Morgan fingerprint density at radius 3 is 2.19 bits per heavy atom. The highest BCUT2D eigenvalue weighted by Crippen LogP contribution is 2.34. The third-order valence-corrected chi connectivity index (χ3v) is 4.04. The molecule has 2 rings (SSSR count). The number of nitrogens with one attached hydrogen (secondary N) is 2. The first-order valence-corrected chi connectivity index (χ1v) is 8.79. The summed E-state index contributed by atoms with van der Waals surface area (Å²) in [4.78, 5) is 12.3. The summed E-state index contributed by atoms with van der Waals surface area (Å²) in [6.07, 6.45) is -4.61. The number of rotatable bonds is 4. The number of anilines is 2. The smallest absolute Gasteiger partial charge is 0.321 e. The van der Waals surface area contributed by atoms with Crippen molar-refractivity contribution in [2.45, 2.75) is 6.18 Å². The maximum Gasteiger partial charge on any atom is 0.416 e. The highest BCUT2D eigenvalue weighted by Gasteiger charge is 2.31. The van der Waals surface area contributed by atoms with Crippen molar-refractivity contribution >= 4 is 50.8 Å². The van der Waals surface area contributed by atoms with Gasteiger partial charge in [0, 0.05) is 5.02 Å². The van der Waals surface area contributed by atoms with E-state index in [0.717, 1.165) is 24.3 Å². The summed E-state index contributed by atoms with van der Waals surface area (Å²) >= 11 is 11.5. The summed E-state index contributed by atoms with van der Waals surface area (Å²) < 4.78 is 70.4. The van der Waals surface area contributed by atoms with Gasteiger partial charge in [0.05, 0.1) is 27.5 Å². The number of halogens is 5. The van der Waals surface area contributed by atoms with Gasteiger partial charge >= 0.3 is 16.5 Å². The standard InChI is InChI=1S/C14H9Cl2F3N2O4S/c15-8-2-4-11(21-26(23,24)25)9(6-8)13(22)20-12-3-1-7(5-10(12)16)14(17,18)19/h1-6,21H,(H,20,22)(H,23,24,25). The molecule has 12 heteroatoms. The molecule has 0 aliphatic heterocycles. The minimum atomic E-state index is -4.67. The molecule has 0 saturated heterocycles. The molecule has 0 radical (unpaired) electrons. The topological polar surface area (TPSA) is 95.5 Å². The molecule has 2 aromatic rings. The van der Waals surface area contributed by atoms with E-state index >= 15 is 0 Å². The van der Waals surface area contributed by atoms with Crippen molar-refractivity contribution in [2.24, 2.45) is 0 Å². The van der Waals surface area contributed by atoms with Crippen LogP contribution in [0.3, 0.4) is 0 Å². The predicted molar refractivity (Wildman–Crippen MR) is 91.0 cm³/mol. The molecule has 3 N–H and O–H groups in total. The lowest BCUT2D eigenvalue weighted by Crippen LogP contribution is -2.18. The van der Waals surface area contributed by atoms with Gasteiger partial charge in [-0.1, -0.05) is 23.2 Å². The first-order valence-electron chi connectivity index (χ1n) is 6.60. The quantitative estimate of drug-likeness (QED) is 0.625. The van der Waals surface area contributed by atoms with Gasteiger partial charge < -0.3 is 5.32 Å². The zero-order chi connectivity index (χ0) is 19.7. The van der Waals surface area contributed by atoms with Crippen molar-refractivity contribution in [1.29, 1.82) is 0 Å². The first-order chi connectivity index (χ1) is 11.9. The summed E-state index contributed by atoms with van der Waals surface area (Å²) in [7, 11) is -4.67. The van der Waals surface area contributed by atoms with E-state index in [4.69, 9.17) is 27.8 Å². The van der Waals surface area contributed by atoms with E-state index in [2.05, 4.69) is 5.32 Å². The Morgan fingerprint density at radius 2 is 1.65 bits per heavy atom. The van der Waals surface area contributed by atoms with Crippen LogP contribution in [0.5, 0.6) is 0 Å². The highest BCUT2D eigenvalue weighted by atomic mass is 35.5. The Morgan fingerprint density at radius 1 is 1.04 bits per heavy atom. The molecule has 0 aromatic heterocycles. The summed E-state index contributed by atoms with van der Waals surface area (Å²) in [5.41, 5.74) is -1.72. The van der Waals surface area contributed by atoms with Crippen LogP contribution in [0.25, 0.3) is 0 Å². The predicted octanol–water partition coefficient (Wildman–Crippen LogP) is 4.48. The largest absolute Gasteiger partial charge is 0.416 e. The van der Waals surface area contributed by atoms with Crippen LogP contribution in [-0.4, -0.2) is 18.9 Å². The molecule has 0 bridgehead atoms. The van der Waals surface area contributed by atoms with E-state index in [1.807, 2.05) is 0 Å². The van der Waals surface area contributed by atoms with Gasteiger partial charge in [-0.2, -0.15) is 21.6 Å². The second kappa shape index (κ2) is 7.31. The number of benzene rings is 2. The normalized spacial score (nSPS) is 11.9. The monoisotopic (exact) mass is 428 g/mol. The zero-order valence-electron chi connectivity index (χ0n) is 12.4. The van der Waals surface area contributed by atoms with Crippen molar-refractivity contribution < 1.29 is 30.9 Å². The Kier molecular flexibility index (Phi) is 5.71. The number of carbonyl (C=O) groups is 1. The van der Waals surface area contributed by atoms with E-state index in [0.29, 0.717) is 6.07 Å². The third kappa shape index (κ3) is 5.24. The van der Waals surface area contributed by atoms with Gasteiger partial charge in [0.25, 0.3) is 5.91 Å². The molecular weight excluding hydrogens is 420 g/mol. The van der Waals surface area contributed by atoms with Crippen molar-refractivity contribution in [3.63, 3.8) is 0 Å². The lowest BCUT2D eigenvalue weighted by Gasteiger charge is -2.13. The van der Waals surface area contributed by atoms with Crippen LogP contribution < -0.4 is 10.0 Å². The first kappa shape index (κ1) is 20.3. The number of alkyl halides is 3. The number of hydrogen-bond acceptors (Lipinski definition) is 3. The van der Waals surface area contributed by atoms with E-state index in [-0.39, 0.29) is 27.0 Å². The third-order valence-electron chi connectivity index (χ3n) is 3.01. The molecule has 0 saturated carbocycles. The van der Waals surface area contributed by atoms with Crippen LogP contribution in [0.2, 0.25) is 10.0 Å². The average molecular weight is 429 g/mol. The SMILES string of the molecule is O=C(Nc1ccc(C(F)(F)F)cc1Cl)c1cc(Cl)ccc1NS(=O)(=O)O. The van der Waals surface area contributed by atoms with Gasteiger partial charge in [0.1, 0.15) is 0 Å². The van der Waals surface area contributed by atoms with Crippen LogP contribution >= 0.6 is 23.2 Å². The van der Waals surface area contributed by atoms with Crippen molar-refractivity contribution in [1.82, 2.24) is 0 Å². The van der Waals surface area contributed by atoms with E-state index in [1.165, 1.54) is 6.07 Å². The lowest BCUT2D eigenvalue weighted by molar-refractivity contribution is -0.137. The molecule has 0 heterocycles. The molecule has 140 valence electrons. The molecule has 0 fully saturated rings. The van der Waals surface area contributed by atoms with Gasteiger partial charge in [-0.25, -0.2) is 0 Å². The average Bonchev–Trinajstić information content (AvgIpc) is 2.48. The second-order valence-corrected chi connectivity index (χ2v) is 6.91. The Bertz CT molecular complexity index is 965. The molecule has 26 heavy (non-hydrogen) atoms. The summed E-state index contributed by atoms with van der Waals surface area (Å²) in [6.45, 7) is 0. The van der Waals surface area contributed by atoms with E-state index in [1.54, 1.807) is 4.72 Å². The van der Waals surface area contributed by atoms with Crippen molar-refractivity contribution in [3.8, 4) is 0 Å². The van der Waals surface area contributed by atoms with Gasteiger partial charge in [0.15, 0.2) is 0 Å². The van der Waals surface area contributed by atoms with Crippen molar-refractivity contribution in [3.05, 3.63) is 57.6 Å². The lowest BCUT2D eigenvalue weighted by atomic mass is 10.1. The van der Waals surface area contributed by atoms with E-state index < -0.39 is 28.0 Å². The molecule has 2 aromatic carbocycles. The van der Waals surface area contributed by atoms with Crippen LogP contribution in [0.15, 0.2) is 36.4 Å². The maximum absolute atomic E-state index is 12.6. The minimum Gasteiger partial charge on any atom is -0.321 e. The fraction of sp³-hybridized carbons (Fsp3) is 0.0714. The number of carbonyl (C=O) groups excluding carboxylic acids is 1. The van der Waals surface area contributed by atoms with Crippen LogP contribution in [0, 0.1) is 0 Å². The van der Waals surface area contributed by atoms with Crippen LogP contribution in [0.1, 0.15) is 15.9 Å².